The van der Waals surface area contributed by atoms with Crippen LogP contribution < -0.4 is 14.9 Å². The van der Waals surface area contributed by atoms with Crippen molar-refractivity contribution < 1.29 is 12.8 Å². The average Bonchev–Trinajstić information content (AvgIpc) is 3.22. The van der Waals surface area contributed by atoms with Crippen LogP contribution in [0.1, 0.15) is 12.8 Å². The molecule has 2 aromatic carbocycles. The van der Waals surface area contributed by atoms with Crippen LogP contribution in [0.4, 0.5) is 15.8 Å². The van der Waals surface area contributed by atoms with Gasteiger partial charge in [-0.1, -0.05) is 17.8 Å². The minimum Gasteiger partial charge on any atom is -0.371 e. The highest BCUT2D eigenvalue weighted by molar-refractivity contribution is 7.99. The number of halogens is 1. The number of piperidine rings is 1. The van der Waals surface area contributed by atoms with Crippen molar-refractivity contribution in [2.75, 3.05) is 35.0 Å². The Bertz CT molecular complexity index is 1160. The number of hydrogen-bond acceptors (Lipinski definition) is 6. The van der Waals surface area contributed by atoms with Crippen LogP contribution in [0.15, 0.2) is 71.0 Å². The number of imidazole rings is 1. The molecule has 1 fully saturated rings. The molecular weight excluding hydrogens is 461 g/mol. The fourth-order valence-corrected chi connectivity index (χ4v) is 5.68. The van der Waals surface area contributed by atoms with Gasteiger partial charge in [0.15, 0.2) is 5.16 Å². The zero-order valence-corrected chi connectivity index (χ0v) is 20.1. The van der Waals surface area contributed by atoms with Gasteiger partial charge in [0.1, 0.15) is 5.82 Å². The third kappa shape index (κ3) is 6.27. The highest BCUT2D eigenvalue weighted by atomic mass is 32.2. The van der Waals surface area contributed by atoms with E-state index in [1.807, 2.05) is 42.2 Å². The standard InChI is InChI=1S/C23H28FN5O2S2/c1-28-15-11-26-23(28)32-16-12-25-19-9-13-29(14-10-19)21-4-2-3-20(17-21)27-33(30,31)22-7-5-18(24)6-8-22/h2-8,11,15,17,19,25,27H,9-10,12-14,16H2,1H3. The van der Waals surface area contributed by atoms with Crippen LogP contribution in [-0.2, 0) is 17.1 Å². The molecule has 1 aliphatic rings. The van der Waals surface area contributed by atoms with Crippen molar-refractivity contribution in [2.45, 2.75) is 28.9 Å². The van der Waals surface area contributed by atoms with Crippen molar-refractivity contribution in [2.24, 2.45) is 7.05 Å². The SMILES string of the molecule is Cn1ccnc1SCCNC1CCN(c2cccc(NS(=O)(=O)c3ccc(F)cc3)c2)CC1. The van der Waals surface area contributed by atoms with Crippen molar-refractivity contribution in [3.63, 3.8) is 0 Å². The highest BCUT2D eigenvalue weighted by Gasteiger charge is 2.20. The largest absolute Gasteiger partial charge is 0.371 e. The summed E-state index contributed by atoms with van der Waals surface area (Å²) in [4.78, 5) is 6.63. The number of aromatic nitrogens is 2. The number of nitrogens with zero attached hydrogens (tertiary/aromatic N) is 3. The Balaban J connectivity index is 1.27. The van der Waals surface area contributed by atoms with E-state index in [0.29, 0.717) is 11.7 Å². The van der Waals surface area contributed by atoms with Crippen molar-refractivity contribution in [1.29, 1.82) is 0 Å². The molecule has 0 amide bonds. The summed E-state index contributed by atoms with van der Waals surface area (Å²) in [5.41, 5.74) is 1.47. The number of anilines is 2. The van der Waals surface area contributed by atoms with Gasteiger partial charge in [-0.3, -0.25) is 4.72 Å². The lowest BCUT2D eigenvalue weighted by molar-refractivity contribution is 0.425. The van der Waals surface area contributed by atoms with Crippen LogP contribution in [0.25, 0.3) is 0 Å². The number of rotatable bonds is 9. The zero-order chi connectivity index (χ0) is 23.3. The second-order valence-electron chi connectivity index (χ2n) is 7.99. The van der Waals surface area contributed by atoms with Crippen molar-refractivity contribution in [3.05, 3.63) is 66.7 Å². The van der Waals surface area contributed by atoms with E-state index in [0.717, 1.165) is 61.2 Å². The van der Waals surface area contributed by atoms with Gasteiger partial charge in [-0.2, -0.15) is 0 Å². The Morgan fingerprint density at radius 1 is 1.15 bits per heavy atom. The predicted octanol–water partition coefficient (Wildman–Crippen LogP) is 3.71. The smallest absolute Gasteiger partial charge is 0.261 e. The summed E-state index contributed by atoms with van der Waals surface area (Å²) >= 11 is 1.75. The molecule has 4 rings (SSSR count). The molecule has 1 aromatic heterocycles. The van der Waals surface area contributed by atoms with Gasteiger partial charge < -0.3 is 14.8 Å². The van der Waals surface area contributed by atoms with E-state index in [4.69, 9.17) is 0 Å². The van der Waals surface area contributed by atoms with Gasteiger partial charge in [-0.05, 0) is 55.3 Å². The topological polar surface area (TPSA) is 79.3 Å². The van der Waals surface area contributed by atoms with Crippen LogP contribution in [-0.4, -0.2) is 49.4 Å². The van der Waals surface area contributed by atoms with E-state index >= 15 is 0 Å². The lowest BCUT2D eigenvalue weighted by Gasteiger charge is -2.34. The van der Waals surface area contributed by atoms with Gasteiger partial charge in [0.05, 0.1) is 10.6 Å². The number of nitrogens with one attached hydrogen (secondary N) is 2. The Morgan fingerprint density at radius 3 is 2.61 bits per heavy atom. The summed E-state index contributed by atoms with van der Waals surface area (Å²) in [6.07, 6.45) is 5.82. The number of aryl methyl sites for hydroxylation is 1. The number of hydrogen-bond donors (Lipinski definition) is 2. The van der Waals surface area contributed by atoms with Crippen LogP contribution in [0.5, 0.6) is 0 Å². The summed E-state index contributed by atoms with van der Waals surface area (Å²) in [5, 5.41) is 4.67. The maximum Gasteiger partial charge on any atom is 0.261 e. The van der Waals surface area contributed by atoms with E-state index in [1.54, 1.807) is 17.8 Å². The Morgan fingerprint density at radius 2 is 1.91 bits per heavy atom. The number of thioether (sulfide) groups is 1. The van der Waals surface area contributed by atoms with Gasteiger partial charge in [-0.15, -0.1) is 0 Å². The molecule has 7 nitrogen and oxygen atoms in total. The molecular formula is C23H28FN5O2S2. The minimum atomic E-state index is -3.77. The van der Waals surface area contributed by atoms with Gasteiger partial charge in [0.25, 0.3) is 10.0 Å². The first-order chi connectivity index (χ1) is 15.9. The van der Waals surface area contributed by atoms with E-state index in [9.17, 15) is 12.8 Å². The lowest BCUT2D eigenvalue weighted by atomic mass is 10.0. The average molecular weight is 490 g/mol. The fourth-order valence-electron chi connectivity index (χ4n) is 3.83. The summed E-state index contributed by atoms with van der Waals surface area (Å²) < 4.78 is 42.9. The summed E-state index contributed by atoms with van der Waals surface area (Å²) in [7, 11) is -1.77. The maximum atomic E-state index is 13.1. The number of benzene rings is 2. The highest BCUT2D eigenvalue weighted by Crippen LogP contribution is 2.25. The molecule has 1 aliphatic heterocycles. The molecule has 0 bridgehead atoms. The van der Waals surface area contributed by atoms with E-state index in [-0.39, 0.29) is 4.90 Å². The molecule has 0 saturated carbocycles. The number of sulfonamides is 1. The second kappa shape index (κ2) is 10.6. The first-order valence-electron chi connectivity index (χ1n) is 10.9. The monoisotopic (exact) mass is 489 g/mol. The molecule has 3 aromatic rings. The third-order valence-corrected chi connectivity index (χ3v) is 8.08. The van der Waals surface area contributed by atoms with Gasteiger partial charge in [-0.25, -0.2) is 17.8 Å². The van der Waals surface area contributed by atoms with Crippen LogP contribution in [0, 0.1) is 5.82 Å². The normalized spacial score (nSPS) is 15.0. The summed E-state index contributed by atoms with van der Waals surface area (Å²) in [6.45, 7) is 2.74. The summed E-state index contributed by atoms with van der Waals surface area (Å²) in [5.74, 6) is 0.502. The van der Waals surface area contributed by atoms with Crippen molar-refractivity contribution in [3.8, 4) is 0 Å². The van der Waals surface area contributed by atoms with Crippen LogP contribution in [0.2, 0.25) is 0 Å². The quantitative estimate of drug-likeness (QED) is 0.352. The molecule has 10 heteroatoms. The Kier molecular flexibility index (Phi) is 7.56. The molecule has 0 radical (unpaired) electrons. The molecule has 176 valence electrons. The molecule has 0 spiro atoms. The molecule has 0 atom stereocenters. The first-order valence-corrected chi connectivity index (χ1v) is 13.3. The van der Waals surface area contributed by atoms with Gasteiger partial charge in [0.2, 0.25) is 0 Å². The maximum absolute atomic E-state index is 13.1. The summed E-state index contributed by atoms with van der Waals surface area (Å²) in [6, 6.07) is 12.7. The van der Waals surface area contributed by atoms with Crippen LogP contribution in [0.3, 0.4) is 0 Å². The van der Waals surface area contributed by atoms with Gasteiger partial charge >= 0.3 is 0 Å². The van der Waals surface area contributed by atoms with E-state index < -0.39 is 15.8 Å². The Hall–Kier alpha value is -2.56. The molecule has 2 N–H and O–H groups in total. The third-order valence-electron chi connectivity index (χ3n) is 5.63. The zero-order valence-electron chi connectivity index (χ0n) is 18.4. The van der Waals surface area contributed by atoms with Crippen LogP contribution >= 0.6 is 11.8 Å². The van der Waals surface area contributed by atoms with E-state index in [2.05, 4.69) is 19.9 Å². The molecule has 1 saturated heterocycles. The minimum absolute atomic E-state index is 0.0299. The first kappa shape index (κ1) is 23.6. The lowest BCUT2D eigenvalue weighted by Crippen LogP contribution is -2.43. The predicted molar refractivity (Wildman–Crippen MR) is 131 cm³/mol. The van der Waals surface area contributed by atoms with E-state index in [1.165, 1.54) is 12.1 Å². The van der Waals surface area contributed by atoms with Crippen molar-refractivity contribution >= 4 is 33.2 Å². The molecule has 0 aliphatic carbocycles. The molecule has 33 heavy (non-hydrogen) atoms. The Labute approximate surface area is 198 Å². The second-order valence-corrected chi connectivity index (χ2v) is 10.7. The fraction of sp³-hybridized carbons (Fsp3) is 0.348. The van der Waals surface area contributed by atoms with Gasteiger partial charge in [0, 0.05) is 56.6 Å². The molecule has 0 unspecified atom stereocenters. The molecule has 2 heterocycles. The van der Waals surface area contributed by atoms with Crippen molar-refractivity contribution in [1.82, 2.24) is 14.9 Å².